The van der Waals surface area contributed by atoms with E-state index in [1.54, 1.807) is 6.20 Å². The van der Waals surface area contributed by atoms with Crippen LogP contribution in [0.15, 0.2) is 53.1 Å². The number of ether oxygens (including phenoxy) is 1. The molecule has 3 aromatic rings. The lowest BCUT2D eigenvalue weighted by Gasteiger charge is -2.31. The van der Waals surface area contributed by atoms with Crippen molar-refractivity contribution in [3.8, 4) is 17.3 Å². The van der Waals surface area contributed by atoms with Crippen molar-refractivity contribution in [1.29, 1.82) is 0 Å². The lowest BCUT2D eigenvalue weighted by molar-refractivity contribution is -0.131. The maximum absolute atomic E-state index is 12.8. The predicted octanol–water partition coefficient (Wildman–Crippen LogP) is 3.48. The van der Waals surface area contributed by atoms with E-state index in [0.29, 0.717) is 37.0 Å². The summed E-state index contributed by atoms with van der Waals surface area (Å²) in [6.07, 6.45) is 3.92. The highest BCUT2D eigenvalue weighted by molar-refractivity contribution is 5.79. The highest BCUT2D eigenvalue weighted by atomic mass is 16.5. The van der Waals surface area contributed by atoms with Crippen LogP contribution in [-0.2, 0) is 11.2 Å². The molecule has 0 saturated carbocycles. The Morgan fingerprint density at radius 3 is 2.83 bits per heavy atom. The summed E-state index contributed by atoms with van der Waals surface area (Å²) in [7, 11) is 0. The fourth-order valence-electron chi connectivity index (χ4n) is 3.55. The van der Waals surface area contributed by atoms with Crippen molar-refractivity contribution < 1.29 is 13.9 Å². The zero-order chi connectivity index (χ0) is 20.1. The summed E-state index contributed by atoms with van der Waals surface area (Å²) in [4.78, 5) is 18.9. The van der Waals surface area contributed by atoms with Gasteiger partial charge in [-0.05, 0) is 49.6 Å². The molecule has 1 atom stereocenters. The van der Waals surface area contributed by atoms with Gasteiger partial charge in [0.15, 0.2) is 0 Å². The van der Waals surface area contributed by atoms with Crippen molar-refractivity contribution >= 4 is 5.91 Å². The highest BCUT2D eigenvalue weighted by Gasteiger charge is 2.28. The fourth-order valence-corrected chi connectivity index (χ4v) is 3.55. The molecule has 1 fully saturated rings. The molecule has 7 nitrogen and oxygen atoms in total. The van der Waals surface area contributed by atoms with Gasteiger partial charge in [0.2, 0.25) is 11.8 Å². The van der Waals surface area contributed by atoms with Crippen molar-refractivity contribution in [2.24, 2.45) is 0 Å². The molecule has 29 heavy (non-hydrogen) atoms. The van der Waals surface area contributed by atoms with Gasteiger partial charge in [-0.25, -0.2) is 0 Å². The number of amides is 1. The number of pyridine rings is 1. The number of likely N-dealkylation sites (tertiary alicyclic amines) is 1. The molecule has 0 spiro atoms. The van der Waals surface area contributed by atoms with E-state index >= 15 is 0 Å². The van der Waals surface area contributed by atoms with Crippen molar-refractivity contribution in [1.82, 2.24) is 20.1 Å². The van der Waals surface area contributed by atoms with E-state index in [9.17, 15) is 4.79 Å². The monoisotopic (exact) mass is 392 g/mol. The zero-order valence-electron chi connectivity index (χ0n) is 16.5. The first-order valence-electron chi connectivity index (χ1n) is 9.97. The average Bonchev–Trinajstić information content (AvgIpc) is 3.26. The van der Waals surface area contributed by atoms with Crippen molar-refractivity contribution in [3.63, 3.8) is 0 Å². The van der Waals surface area contributed by atoms with Crippen LogP contribution in [0.1, 0.15) is 37.1 Å². The number of rotatable bonds is 6. The Morgan fingerprint density at radius 1 is 1.21 bits per heavy atom. The predicted molar refractivity (Wildman–Crippen MR) is 107 cm³/mol. The SMILES string of the molecule is CCOc1ccc(CC(=O)N2CCCC(c3nnc(-c4ccccn4)o3)C2)cc1. The number of hydrogen-bond acceptors (Lipinski definition) is 6. The van der Waals surface area contributed by atoms with Crippen molar-refractivity contribution in [2.45, 2.75) is 32.1 Å². The largest absolute Gasteiger partial charge is 0.494 e. The lowest BCUT2D eigenvalue weighted by Crippen LogP contribution is -2.40. The second-order valence-corrected chi connectivity index (χ2v) is 7.09. The summed E-state index contributed by atoms with van der Waals surface area (Å²) in [6.45, 7) is 3.94. The Labute approximate surface area is 169 Å². The van der Waals surface area contributed by atoms with Gasteiger partial charge in [0.25, 0.3) is 5.89 Å². The second kappa shape index (κ2) is 8.86. The Hall–Kier alpha value is -3.22. The zero-order valence-corrected chi connectivity index (χ0v) is 16.5. The third kappa shape index (κ3) is 4.62. The van der Waals surface area contributed by atoms with Gasteiger partial charge in [0, 0.05) is 19.3 Å². The number of nitrogens with zero attached hydrogens (tertiary/aromatic N) is 4. The molecule has 1 aromatic carbocycles. The molecule has 1 saturated heterocycles. The van der Waals surface area contributed by atoms with E-state index in [4.69, 9.17) is 9.15 Å². The molecule has 1 aliphatic rings. The van der Waals surface area contributed by atoms with E-state index in [0.717, 1.165) is 30.7 Å². The van der Waals surface area contributed by atoms with E-state index in [-0.39, 0.29) is 11.8 Å². The summed E-state index contributed by atoms with van der Waals surface area (Å²) in [5, 5.41) is 8.34. The summed E-state index contributed by atoms with van der Waals surface area (Å²) in [5.74, 6) is 1.98. The molecular weight excluding hydrogens is 368 g/mol. The summed E-state index contributed by atoms with van der Waals surface area (Å²) in [5.41, 5.74) is 1.64. The standard InChI is InChI=1S/C22H24N4O3/c1-2-28-18-10-8-16(9-11-18)14-20(27)26-13-5-6-17(15-26)21-24-25-22(29-21)19-7-3-4-12-23-19/h3-4,7-12,17H,2,5-6,13-15H2,1H3. The molecule has 150 valence electrons. The first-order valence-corrected chi connectivity index (χ1v) is 9.97. The van der Waals surface area contributed by atoms with E-state index < -0.39 is 0 Å². The minimum absolute atomic E-state index is 0.0537. The van der Waals surface area contributed by atoms with Crippen LogP contribution in [0.5, 0.6) is 5.75 Å². The number of carbonyl (C=O) groups is 1. The first-order chi connectivity index (χ1) is 14.2. The average molecular weight is 392 g/mol. The highest BCUT2D eigenvalue weighted by Crippen LogP contribution is 2.28. The molecule has 0 N–H and O–H groups in total. The summed E-state index contributed by atoms with van der Waals surface area (Å²) in [6, 6.07) is 13.3. The Kier molecular flexibility index (Phi) is 5.84. The third-order valence-electron chi connectivity index (χ3n) is 5.04. The Balaban J connectivity index is 1.39. The van der Waals surface area contributed by atoms with Crippen molar-refractivity contribution in [3.05, 3.63) is 60.1 Å². The normalized spacial score (nSPS) is 16.6. The van der Waals surface area contributed by atoms with Crippen LogP contribution in [-0.4, -0.2) is 45.7 Å². The van der Waals surface area contributed by atoms with Crippen LogP contribution < -0.4 is 4.74 Å². The van der Waals surface area contributed by atoms with Crippen LogP contribution in [0.3, 0.4) is 0 Å². The Bertz CT molecular complexity index is 940. The maximum atomic E-state index is 12.8. The van der Waals surface area contributed by atoms with E-state index in [1.807, 2.05) is 54.3 Å². The topological polar surface area (TPSA) is 81.4 Å². The van der Waals surface area contributed by atoms with Gasteiger partial charge >= 0.3 is 0 Å². The number of piperidine rings is 1. The van der Waals surface area contributed by atoms with Gasteiger partial charge in [-0.3, -0.25) is 9.78 Å². The molecule has 1 aliphatic heterocycles. The molecule has 2 aromatic heterocycles. The summed E-state index contributed by atoms with van der Waals surface area (Å²) < 4.78 is 11.3. The van der Waals surface area contributed by atoms with Gasteiger partial charge in [0.05, 0.1) is 18.9 Å². The van der Waals surface area contributed by atoms with Gasteiger partial charge in [-0.1, -0.05) is 18.2 Å². The quantitative estimate of drug-likeness (QED) is 0.639. The van der Waals surface area contributed by atoms with Gasteiger partial charge in [-0.15, -0.1) is 10.2 Å². The lowest BCUT2D eigenvalue weighted by atomic mass is 9.97. The van der Waals surface area contributed by atoms with Gasteiger partial charge in [-0.2, -0.15) is 0 Å². The van der Waals surface area contributed by atoms with Crippen LogP contribution in [0.4, 0.5) is 0 Å². The molecular formula is C22H24N4O3. The molecule has 0 aliphatic carbocycles. The first kappa shape index (κ1) is 19.1. The van der Waals surface area contributed by atoms with Crippen molar-refractivity contribution in [2.75, 3.05) is 19.7 Å². The molecule has 1 unspecified atom stereocenters. The molecule has 0 bridgehead atoms. The number of hydrogen-bond donors (Lipinski definition) is 0. The maximum Gasteiger partial charge on any atom is 0.266 e. The molecule has 1 amide bonds. The number of carbonyl (C=O) groups excluding carboxylic acids is 1. The smallest absolute Gasteiger partial charge is 0.266 e. The second-order valence-electron chi connectivity index (χ2n) is 7.09. The van der Waals surface area contributed by atoms with Crippen LogP contribution in [0, 0.1) is 0 Å². The molecule has 7 heteroatoms. The van der Waals surface area contributed by atoms with Gasteiger partial charge in [0.1, 0.15) is 11.4 Å². The third-order valence-corrected chi connectivity index (χ3v) is 5.04. The minimum atomic E-state index is 0.0537. The molecule has 3 heterocycles. The van der Waals surface area contributed by atoms with Crippen LogP contribution in [0.25, 0.3) is 11.6 Å². The van der Waals surface area contributed by atoms with E-state index in [1.165, 1.54) is 0 Å². The molecule has 4 rings (SSSR count). The Morgan fingerprint density at radius 2 is 2.07 bits per heavy atom. The minimum Gasteiger partial charge on any atom is -0.494 e. The van der Waals surface area contributed by atoms with E-state index in [2.05, 4.69) is 15.2 Å². The summed E-state index contributed by atoms with van der Waals surface area (Å²) >= 11 is 0. The fraction of sp³-hybridized carbons (Fsp3) is 0.364. The van der Waals surface area contributed by atoms with Crippen LogP contribution in [0.2, 0.25) is 0 Å². The van der Waals surface area contributed by atoms with Crippen LogP contribution >= 0.6 is 0 Å². The van der Waals surface area contributed by atoms with Gasteiger partial charge < -0.3 is 14.1 Å². The molecule has 0 radical (unpaired) electrons. The number of benzene rings is 1. The number of aromatic nitrogens is 3.